The maximum Gasteiger partial charge on any atom is 0.270 e. The molecule has 1 aliphatic heterocycles. The maximum absolute atomic E-state index is 13.1. The number of rotatable bonds is 5. The van der Waals surface area contributed by atoms with Crippen LogP contribution in [0, 0.1) is 10.1 Å². The zero-order chi connectivity index (χ0) is 21.0. The summed E-state index contributed by atoms with van der Waals surface area (Å²) in [5.41, 5.74) is 1.03. The van der Waals surface area contributed by atoms with Gasteiger partial charge in [-0.1, -0.05) is 36.4 Å². The highest BCUT2D eigenvalue weighted by molar-refractivity contribution is 5.98. The predicted molar refractivity (Wildman–Crippen MR) is 108 cm³/mol. The summed E-state index contributed by atoms with van der Waals surface area (Å²) in [6.07, 6.45) is 0. The largest absolute Gasteiger partial charge is 0.341 e. The topological polar surface area (TPSA) is 95.8 Å². The minimum atomic E-state index is -0.753. The quantitative estimate of drug-likeness (QED) is 0.618. The molecule has 1 fully saturated rings. The lowest BCUT2D eigenvalue weighted by atomic mass is 10.0. The van der Waals surface area contributed by atoms with E-state index < -0.39 is 16.9 Å². The SMILES string of the molecule is CC(NC(=O)c1cccc([N+](=O)[O-])c1)C(=O)N1CCN(C)CC1c1ccccc1. The van der Waals surface area contributed by atoms with Gasteiger partial charge >= 0.3 is 0 Å². The first kappa shape index (κ1) is 20.5. The van der Waals surface area contributed by atoms with Crippen LogP contribution in [0.1, 0.15) is 28.9 Å². The lowest BCUT2D eigenvalue weighted by Crippen LogP contribution is -2.54. The molecule has 0 aromatic heterocycles. The smallest absolute Gasteiger partial charge is 0.270 e. The minimum Gasteiger partial charge on any atom is -0.341 e. The van der Waals surface area contributed by atoms with E-state index in [1.807, 2.05) is 37.4 Å². The first-order valence-electron chi connectivity index (χ1n) is 9.46. The summed E-state index contributed by atoms with van der Waals surface area (Å²) in [6.45, 7) is 3.66. The fraction of sp³-hybridized carbons (Fsp3) is 0.333. The van der Waals surface area contributed by atoms with Crippen molar-refractivity contribution in [3.05, 3.63) is 75.8 Å². The molecule has 1 saturated heterocycles. The molecule has 0 radical (unpaired) electrons. The van der Waals surface area contributed by atoms with E-state index in [1.54, 1.807) is 11.8 Å². The lowest BCUT2D eigenvalue weighted by molar-refractivity contribution is -0.384. The van der Waals surface area contributed by atoms with Crippen LogP contribution in [0.5, 0.6) is 0 Å². The number of nitrogens with one attached hydrogen (secondary N) is 1. The third-order valence-corrected chi connectivity index (χ3v) is 5.09. The second kappa shape index (κ2) is 8.83. The molecule has 1 N–H and O–H groups in total. The number of amides is 2. The molecule has 2 atom stereocenters. The Morgan fingerprint density at radius 1 is 1.14 bits per heavy atom. The molecule has 1 aliphatic rings. The van der Waals surface area contributed by atoms with Gasteiger partial charge in [0, 0.05) is 37.3 Å². The maximum atomic E-state index is 13.1. The standard InChI is InChI=1S/C21H24N4O4/c1-15(22-20(26)17-9-6-10-18(13-17)25(28)29)21(27)24-12-11-23(2)14-19(24)16-7-4-3-5-8-16/h3-10,13,15,19H,11-12,14H2,1-2H3,(H,22,26). The van der Waals surface area contributed by atoms with E-state index >= 15 is 0 Å². The fourth-order valence-electron chi connectivity index (χ4n) is 3.49. The first-order valence-corrected chi connectivity index (χ1v) is 9.46. The number of hydrogen-bond acceptors (Lipinski definition) is 5. The summed E-state index contributed by atoms with van der Waals surface area (Å²) >= 11 is 0. The second-order valence-corrected chi connectivity index (χ2v) is 7.22. The zero-order valence-electron chi connectivity index (χ0n) is 16.4. The van der Waals surface area contributed by atoms with Crippen molar-refractivity contribution in [3.63, 3.8) is 0 Å². The van der Waals surface area contributed by atoms with Gasteiger partial charge in [0.15, 0.2) is 0 Å². The highest BCUT2D eigenvalue weighted by atomic mass is 16.6. The first-order chi connectivity index (χ1) is 13.9. The van der Waals surface area contributed by atoms with Gasteiger partial charge in [0.05, 0.1) is 11.0 Å². The number of hydrogen-bond donors (Lipinski definition) is 1. The Hall–Kier alpha value is -3.26. The summed E-state index contributed by atoms with van der Waals surface area (Å²) < 4.78 is 0. The van der Waals surface area contributed by atoms with Crippen LogP contribution in [0.25, 0.3) is 0 Å². The molecule has 2 amide bonds. The number of carbonyl (C=O) groups is 2. The molecular weight excluding hydrogens is 372 g/mol. The van der Waals surface area contributed by atoms with E-state index in [0.29, 0.717) is 13.1 Å². The number of piperazine rings is 1. The van der Waals surface area contributed by atoms with Crippen LogP contribution in [0.2, 0.25) is 0 Å². The van der Waals surface area contributed by atoms with Gasteiger partial charge in [-0.2, -0.15) is 0 Å². The molecule has 0 aliphatic carbocycles. The van der Waals surface area contributed by atoms with Gasteiger partial charge in [-0.15, -0.1) is 0 Å². The van der Waals surface area contributed by atoms with E-state index in [-0.39, 0.29) is 23.2 Å². The second-order valence-electron chi connectivity index (χ2n) is 7.22. The molecule has 3 rings (SSSR count). The number of likely N-dealkylation sites (N-methyl/N-ethyl adjacent to an activating group) is 1. The number of carbonyl (C=O) groups excluding carboxylic acids is 2. The zero-order valence-corrected chi connectivity index (χ0v) is 16.4. The van der Waals surface area contributed by atoms with Gasteiger partial charge < -0.3 is 15.1 Å². The van der Waals surface area contributed by atoms with Gasteiger partial charge in [0.1, 0.15) is 6.04 Å². The molecule has 8 nitrogen and oxygen atoms in total. The molecular formula is C21H24N4O4. The highest BCUT2D eigenvalue weighted by Gasteiger charge is 2.33. The molecule has 2 unspecified atom stereocenters. The fourth-order valence-corrected chi connectivity index (χ4v) is 3.49. The van der Waals surface area contributed by atoms with Crippen LogP contribution in [0.3, 0.4) is 0 Å². The van der Waals surface area contributed by atoms with Crippen molar-refractivity contribution < 1.29 is 14.5 Å². The Kier molecular flexibility index (Phi) is 6.23. The van der Waals surface area contributed by atoms with E-state index in [1.165, 1.54) is 24.3 Å². The summed E-state index contributed by atoms with van der Waals surface area (Å²) in [4.78, 5) is 40.0. The molecule has 1 heterocycles. The normalized spacial score (nSPS) is 18.1. The van der Waals surface area contributed by atoms with E-state index in [0.717, 1.165) is 12.1 Å². The van der Waals surface area contributed by atoms with Crippen LogP contribution < -0.4 is 5.32 Å². The van der Waals surface area contributed by atoms with Crippen molar-refractivity contribution in [2.75, 3.05) is 26.7 Å². The van der Waals surface area contributed by atoms with Crippen LogP contribution in [-0.4, -0.2) is 59.3 Å². The molecule has 0 saturated carbocycles. The van der Waals surface area contributed by atoms with Crippen molar-refractivity contribution in [2.45, 2.75) is 19.0 Å². The van der Waals surface area contributed by atoms with Gasteiger partial charge in [0.2, 0.25) is 5.91 Å². The molecule has 0 spiro atoms. The van der Waals surface area contributed by atoms with Gasteiger partial charge in [-0.25, -0.2) is 0 Å². The number of nitrogens with zero attached hydrogens (tertiary/aromatic N) is 3. The van der Waals surface area contributed by atoms with Crippen molar-refractivity contribution >= 4 is 17.5 Å². The lowest BCUT2D eigenvalue weighted by Gasteiger charge is -2.41. The van der Waals surface area contributed by atoms with Crippen molar-refractivity contribution in [1.82, 2.24) is 15.1 Å². The number of non-ortho nitro benzene ring substituents is 1. The Bertz CT molecular complexity index is 903. The van der Waals surface area contributed by atoms with Crippen LogP contribution >= 0.6 is 0 Å². The predicted octanol–water partition coefficient (Wildman–Crippen LogP) is 2.23. The van der Waals surface area contributed by atoms with Gasteiger partial charge in [-0.3, -0.25) is 19.7 Å². The third-order valence-electron chi connectivity index (χ3n) is 5.09. The van der Waals surface area contributed by atoms with E-state index in [4.69, 9.17) is 0 Å². The minimum absolute atomic E-state index is 0.0976. The number of benzene rings is 2. The summed E-state index contributed by atoms with van der Waals surface area (Å²) in [7, 11) is 2.02. The Labute approximate surface area is 169 Å². The average Bonchev–Trinajstić information content (AvgIpc) is 2.73. The third kappa shape index (κ3) is 4.78. The molecule has 2 aromatic carbocycles. The van der Waals surface area contributed by atoms with Crippen LogP contribution in [0.4, 0.5) is 5.69 Å². The average molecular weight is 396 g/mol. The molecule has 29 heavy (non-hydrogen) atoms. The Morgan fingerprint density at radius 3 is 2.55 bits per heavy atom. The molecule has 152 valence electrons. The number of nitro benzene ring substituents is 1. The molecule has 8 heteroatoms. The van der Waals surface area contributed by atoms with E-state index in [2.05, 4.69) is 10.2 Å². The van der Waals surface area contributed by atoms with Crippen molar-refractivity contribution in [3.8, 4) is 0 Å². The Morgan fingerprint density at radius 2 is 1.86 bits per heavy atom. The summed E-state index contributed by atoms with van der Waals surface area (Å²) in [5, 5.41) is 13.6. The summed E-state index contributed by atoms with van der Waals surface area (Å²) in [5.74, 6) is -0.689. The molecule has 0 bridgehead atoms. The van der Waals surface area contributed by atoms with Crippen LogP contribution in [0.15, 0.2) is 54.6 Å². The van der Waals surface area contributed by atoms with Crippen molar-refractivity contribution in [2.24, 2.45) is 0 Å². The van der Waals surface area contributed by atoms with Crippen molar-refractivity contribution in [1.29, 1.82) is 0 Å². The Balaban J connectivity index is 1.73. The summed E-state index contributed by atoms with van der Waals surface area (Å²) in [6, 6.07) is 14.4. The molecule has 2 aromatic rings. The van der Waals surface area contributed by atoms with E-state index in [9.17, 15) is 19.7 Å². The number of nitro groups is 1. The van der Waals surface area contributed by atoms with Crippen LogP contribution in [-0.2, 0) is 4.79 Å². The van der Waals surface area contributed by atoms with Gasteiger partial charge in [0.25, 0.3) is 11.6 Å². The highest BCUT2D eigenvalue weighted by Crippen LogP contribution is 2.25. The van der Waals surface area contributed by atoms with Gasteiger partial charge in [-0.05, 0) is 25.6 Å². The monoisotopic (exact) mass is 396 g/mol.